The first kappa shape index (κ1) is 17.4. The second-order valence-corrected chi connectivity index (χ2v) is 5.78. The molecule has 2 aromatic carbocycles. The normalized spacial score (nSPS) is 10.8. The molecule has 0 aliphatic rings. The lowest BCUT2D eigenvalue weighted by Gasteiger charge is -2.15. The van der Waals surface area contributed by atoms with E-state index in [4.69, 9.17) is 9.47 Å². The van der Waals surface area contributed by atoms with Gasteiger partial charge in [0.05, 0.1) is 0 Å². The average molecular weight is 313 g/mol. The molecule has 3 heteroatoms. The Labute approximate surface area is 139 Å². The Bertz CT molecular complexity index is 596. The maximum Gasteiger partial charge on any atom is 0.123 e. The van der Waals surface area contributed by atoms with Crippen LogP contribution in [0.3, 0.4) is 0 Å². The Morgan fingerprint density at radius 2 is 1.48 bits per heavy atom. The molecule has 0 aliphatic heterocycles. The zero-order chi connectivity index (χ0) is 16.5. The predicted molar refractivity (Wildman–Crippen MR) is 95.3 cm³/mol. The lowest BCUT2D eigenvalue weighted by Crippen LogP contribution is -2.15. The summed E-state index contributed by atoms with van der Waals surface area (Å²) in [7, 11) is 0. The molecule has 2 aromatic rings. The van der Waals surface area contributed by atoms with Crippen LogP contribution in [0.4, 0.5) is 0 Å². The van der Waals surface area contributed by atoms with Crippen LogP contribution in [0.15, 0.2) is 48.5 Å². The van der Waals surface area contributed by atoms with Crippen LogP contribution in [-0.2, 0) is 6.54 Å². The summed E-state index contributed by atoms with van der Waals surface area (Å²) in [6.45, 7) is 9.30. The van der Waals surface area contributed by atoms with Gasteiger partial charge >= 0.3 is 0 Å². The van der Waals surface area contributed by atoms with Gasteiger partial charge in [0.2, 0.25) is 0 Å². The molecule has 3 nitrogen and oxygen atoms in total. The van der Waals surface area contributed by atoms with Crippen molar-refractivity contribution in [2.45, 2.75) is 33.2 Å². The fraction of sp³-hybridized carbons (Fsp3) is 0.400. The highest BCUT2D eigenvalue weighted by Crippen LogP contribution is 2.25. The number of ether oxygens (including phenoxy) is 2. The zero-order valence-corrected chi connectivity index (χ0v) is 14.3. The predicted octanol–water partition coefficient (Wildman–Crippen LogP) is 4.38. The van der Waals surface area contributed by atoms with Gasteiger partial charge in [-0.3, -0.25) is 0 Å². The number of benzene rings is 2. The third kappa shape index (κ3) is 5.29. The Morgan fingerprint density at radius 3 is 2.17 bits per heavy atom. The minimum Gasteiger partial charge on any atom is -0.490 e. The summed E-state index contributed by atoms with van der Waals surface area (Å²) in [6.07, 6.45) is 0. The molecular weight excluding hydrogens is 286 g/mol. The van der Waals surface area contributed by atoms with Gasteiger partial charge in [-0.15, -0.1) is 0 Å². The average Bonchev–Trinajstić information content (AvgIpc) is 2.58. The molecule has 23 heavy (non-hydrogen) atoms. The minimum atomic E-state index is 0.452. The molecule has 0 aromatic heterocycles. The third-order valence-corrected chi connectivity index (χ3v) is 3.68. The number of para-hydroxylation sites is 2. The number of nitrogens with one attached hydrogen (secondary N) is 1. The van der Waals surface area contributed by atoms with Crippen LogP contribution in [0.5, 0.6) is 11.5 Å². The molecule has 0 atom stereocenters. The van der Waals surface area contributed by atoms with E-state index in [0.717, 1.165) is 24.6 Å². The first-order chi connectivity index (χ1) is 11.2. The van der Waals surface area contributed by atoms with Gasteiger partial charge in [0, 0.05) is 12.1 Å². The van der Waals surface area contributed by atoms with Crippen molar-refractivity contribution in [1.29, 1.82) is 0 Å². The van der Waals surface area contributed by atoms with Crippen LogP contribution >= 0.6 is 0 Å². The van der Waals surface area contributed by atoms with E-state index >= 15 is 0 Å². The maximum absolute atomic E-state index is 5.90. The molecule has 1 N–H and O–H groups in total. The second-order valence-electron chi connectivity index (χ2n) is 5.78. The first-order valence-electron chi connectivity index (χ1n) is 8.35. The minimum absolute atomic E-state index is 0.452. The molecule has 0 saturated carbocycles. The number of rotatable bonds is 9. The van der Waals surface area contributed by atoms with Gasteiger partial charge in [-0.1, -0.05) is 57.2 Å². The lowest BCUT2D eigenvalue weighted by atomic mass is 10.0. The van der Waals surface area contributed by atoms with E-state index in [1.165, 1.54) is 11.1 Å². The summed E-state index contributed by atoms with van der Waals surface area (Å²) in [6, 6.07) is 16.3. The monoisotopic (exact) mass is 313 g/mol. The second kappa shape index (κ2) is 9.21. The summed E-state index contributed by atoms with van der Waals surface area (Å²) >= 11 is 0. The van der Waals surface area contributed by atoms with Crippen molar-refractivity contribution in [1.82, 2.24) is 5.32 Å². The topological polar surface area (TPSA) is 30.5 Å². The fourth-order valence-electron chi connectivity index (χ4n) is 2.44. The van der Waals surface area contributed by atoms with Crippen LogP contribution < -0.4 is 14.8 Å². The largest absolute Gasteiger partial charge is 0.490 e. The van der Waals surface area contributed by atoms with Crippen LogP contribution in [0.1, 0.15) is 37.8 Å². The summed E-state index contributed by atoms with van der Waals surface area (Å²) < 4.78 is 11.8. The number of hydrogen-bond donors (Lipinski definition) is 1. The molecule has 0 heterocycles. The summed E-state index contributed by atoms with van der Waals surface area (Å²) in [5.41, 5.74) is 2.41. The van der Waals surface area contributed by atoms with Gasteiger partial charge in [-0.05, 0) is 30.2 Å². The van der Waals surface area contributed by atoms with Crippen molar-refractivity contribution in [2.24, 2.45) is 0 Å². The number of hydrogen-bond acceptors (Lipinski definition) is 3. The van der Waals surface area contributed by atoms with Crippen molar-refractivity contribution in [3.63, 3.8) is 0 Å². The molecule has 0 saturated heterocycles. The molecule has 0 unspecified atom stereocenters. The molecular formula is C20H27NO2. The molecule has 0 fully saturated rings. The van der Waals surface area contributed by atoms with E-state index in [0.29, 0.717) is 19.1 Å². The molecule has 0 aliphatic carbocycles. The molecule has 2 rings (SSSR count). The quantitative estimate of drug-likeness (QED) is 0.697. The van der Waals surface area contributed by atoms with Crippen LogP contribution in [0.25, 0.3) is 0 Å². The van der Waals surface area contributed by atoms with Crippen molar-refractivity contribution in [3.05, 3.63) is 59.7 Å². The van der Waals surface area contributed by atoms with E-state index in [-0.39, 0.29) is 0 Å². The molecule has 0 radical (unpaired) electrons. The van der Waals surface area contributed by atoms with Crippen LogP contribution in [-0.4, -0.2) is 19.8 Å². The van der Waals surface area contributed by atoms with E-state index in [1.807, 2.05) is 30.3 Å². The van der Waals surface area contributed by atoms with Gasteiger partial charge in [0.1, 0.15) is 24.7 Å². The lowest BCUT2D eigenvalue weighted by molar-refractivity contribution is 0.214. The Morgan fingerprint density at radius 1 is 0.870 bits per heavy atom. The maximum atomic E-state index is 5.90. The van der Waals surface area contributed by atoms with E-state index in [1.54, 1.807) is 0 Å². The molecule has 0 amide bonds. The van der Waals surface area contributed by atoms with E-state index in [9.17, 15) is 0 Å². The van der Waals surface area contributed by atoms with Gasteiger partial charge < -0.3 is 14.8 Å². The highest BCUT2D eigenvalue weighted by molar-refractivity contribution is 5.35. The SMILES string of the molecule is CCNCc1ccccc1OCCOc1ccccc1C(C)C. The summed E-state index contributed by atoms with van der Waals surface area (Å²) in [4.78, 5) is 0. The first-order valence-corrected chi connectivity index (χ1v) is 8.35. The van der Waals surface area contributed by atoms with Crippen molar-refractivity contribution >= 4 is 0 Å². The zero-order valence-electron chi connectivity index (χ0n) is 14.3. The Kier molecular flexibility index (Phi) is 6.95. The van der Waals surface area contributed by atoms with Crippen molar-refractivity contribution in [3.8, 4) is 11.5 Å². The highest BCUT2D eigenvalue weighted by Gasteiger charge is 2.07. The standard InChI is InChI=1S/C20H27NO2/c1-4-21-15-17-9-5-7-11-19(17)22-13-14-23-20-12-8-6-10-18(20)16(2)3/h5-12,16,21H,4,13-15H2,1-3H3. The van der Waals surface area contributed by atoms with Gasteiger partial charge in [-0.25, -0.2) is 0 Å². The van der Waals surface area contributed by atoms with Crippen LogP contribution in [0, 0.1) is 0 Å². The third-order valence-electron chi connectivity index (χ3n) is 3.68. The van der Waals surface area contributed by atoms with Gasteiger partial charge in [-0.2, -0.15) is 0 Å². The molecule has 124 valence electrons. The van der Waals surface area contributed by atoms with E-state index in [2.05, 4.69) is 44.3 Å². The smallest absolute Gasteiger partial charge is 0.123 e. The van der Waals surface area contributed by atoms with E-state index < -0.39 is 0 Å². The Hall–Kier alpha value is -2.00. The Balaban J connectivity index is 1.87. The van der Waals surface area contributed by atoms with Gasteiger partial charge in [0.15, 0.2) is 0 Å². The molecule has 0 spiro atoms. The summed E-state index contributed by atoms with van der Waals surface area (Å²) in [5, 5.41) is 3.33. The van der Waals surface area contributed by atoms with Crippen molar-refractivity contribution in [2.75, 3.05) is 19.8 Å². The highest BCUT2D eigenvalue weighted by atomic mass is 16.5. The van der Waals surface area contributed by atoms with Crippen LogP contribution in [0.2, 0.25) is 0 Å². The molecule has 0 bridgehead atoms. The van der Waals surface area contributed by atoms with Crippen molar-refractivity contribution < 1.29 is 9.47 Å². The van der Waals surface area contributed by atoms with Gasteiger partial charge in [0.25, 0.3) is 0 Å². The fourth-order valence-corrected chi connectivity index (χ4v) is 2.44. The summed E-state index contributed by atoms with van der Waals surface area (Å²) in [5.74, 6) is 2.33.